The summed E-state index contributed by atoms with van der Waals surface area (Å²) in [5.41, 5.74) is 1.93. The second kappa shape index (κ2) is 5.09. The predicted molar refractivity (Wildman–Crippen MR) is 68.9 cm³/mol. The average molecular weight is 248 g/mol. The van der Waals surface area contributed by atoms with Gasteiger partial charge in [0.15, 0.2) is 0 Å². The SMILES string of the molecule is C=C1C(=O)O[C@H]2C[C@H](C)C(CCC(C)=O)=CC[C@@H]12. The number of rotatable bonds is 3. The molecule has 0 unspecified atom stereocenters. The maximum absolute atomic E-state index is 11.5. The molecule has 3 nitrogen and oxygen atoms in total. The molecule has 0 aromatic rings. The minimum Gasteiger partial charge on any atom is -0.458 e. The Bertz CT molecular complexity index is 419. The van der Waals surface area contributed by atoms with E-state index >= 15 is 0 Å². The number of Topliss-reactive ketones (excluding diaryl/α,β-unsaturated/α-hetero) is 1. The molecule has 1 saturated heterocycles. The zero-order valence-electron chi connectivity index (χ0n) is 11.1. The van der Waals surface area contributed by atoms with Gasteiger partial charge in [0.05, 0.1) is 0 Å². The lowest BCUT2D eigenvalue weighted by atomic mass is 9.90. The van der Waals surface area contributed by atoms with Crippen LogP contribution >= 0.6 is 0 Å². The first-order valence-corrected chi connectivity index (χ1v) is 6.57. The number of ketones is 1. The van der Waals surface area contributed by atoms with E-state index in [0.717, 1.165) is 19.3 Å². The van der Waals surface area contributed by atoms with Crippen molar-refractivity contribution in [1.29, 1.82) is 0 Å². The fourth-order valence-corrected chi connectivity index (χ4v) is 2.83. The fraction of sp³-hybridized carbons (Fsp3) is 0.600. The molecule has 0 N–H and O–H groups in total. The Kier molecular flexibility index (Phi) is 3.69. The van der Waals surface area contributed by atoms with Crippen molar-refractivity contribution in [1.82, 2.24) is 0 Å². The Morgan fingerprint density at radius 3 is 2.94 bits per heavy atom. The maximum Gasteiger partial charge on any atom is 0.334 e. The topological polar surface area (TPSA) is 43.4 Å². The van der Waals surface area contributed by atoms with Gasteiger partial charge in [-0.3, -0.25) is 0 Å². The van der Waals surface area contributed by atoms with Crippen molar-refractivity contribution < 1.29 is 14.3 Å². The molecule has 0 radical (unpaired) electrons. The maximum atomic E-state index is 11.5. The number of carbonyl (C=O) groups is 2. The molecular formula is C15H20O3. The van der Waals surface area contributed by atoms with Crippen molar-refractivity contribution in [3.63, 3.8) is 0 Å². The van der Waals surface area contributed by atoms with Gasteiger partial charge in [0.25, 0.3) is 0 Å². The fourth-order valence-electron chi connectivity index (χ4n) is 2.83. The number of hydrogen-bond donors (Lipinski definition) is 0. The van der Waals surface area contributed by atoms with E-state index in [0.29, 0.717) is 17.9 Å². The van der Waals surface area contributed by atoms with Gasteiger partial charge in [0.2, 0.25) is 0 Å². The van der Waals surface area contributed by atoms with Crippen molar-refractivity contribution in [3.05, 3.63) is 23.8 Å². The number of allylic oxidation sites excluding steroid dienone is 2. The number of esters is 1. The highest BCUT2D eigenvalue weighted by molar-refractivity contribution is 5.90. The van der Waals surface area contributed by atoms with Crippen LogP contribution in [0.25, 0.3) is 0 Å². The molecule has 1 fully saturated rings. The van der Waals surface area contributed by atoms with Crippen LogP contribution in [0, 0.1) is 11.8 Å². The first kappa shape index (κ1) is 13.1. The number of ether oxygens (including phenoxy) is 1. The zero-order chi connectivity index (χ0) is 13.3. The van der Waals surface area contributed by atoms with Gasteiger partial charge < -0.3 is 9.53 Å². The van der Waals surface area contributed by atoms with Crippen molar-refractivity contribution in [2.45, 2.75) is 45.6 Å². The molecule has 3 heteroatoms. The van der Waals surface area contributed by atoms with Gasteiger partial charge in [0, 0.05) is 17.9 Å². The highest BCUT2D eigenvalue weighted by atomic mass is 16.6. The Balaban J connectivity index is 2.08. The van der Waals surface area contributed by atoms with Crippen LogP contribution in [-0.2, 0) is 14.3 Å². The molecule has 1 aliphatic carbocycles. The van der Waals surface area contributed by atoms with Gasteiger partial charge in [-0.2, -0.15) is 0 Å². The van der Waals surface area contributed by atoms with E-state index in [1.54, 1.807) is 6.92 Å². The number of fused-ring (bicyclic) bond motifs is 1. The largest absolute Gasteiger partial charge is 0.458 e. The average Bonchev–Trinajstić information content (AvgIpc) is 2.46. The van der Waals surface area contributed by atoms with Crippen LogP contribution in [0.2, 0.25) is 0 Å². The molecule has 0 aromatic heterocycles. The molecule has 0 saturated carbocycles. The minimum absolute atomic E-state index is 0.0221. The van der Waals surface area contributed by atoms with Crippen LogP contribution in [0.1, 0.15) is 39.5 Å². The summed E-state index contributed by atoms with van der Waals surface area (Å²) in [5.74, 6) is 0.494. The lowest BCUT2D eigenvalue weighted by Gasteiger charge is -2.18. The first-order valence-electron chi connectivity index (χ1n) is 6.57. The molecule has 0 aromatic carbocycles. The van der Waals surface area contributed by atoms with Gasteiger partial charge >= 0.3 is 5.97 Å². The minimum atomic E-state index is -0.238. The van der Waals surface area contributed by atoms with Crippen LogP contribution in [-0.4, -0.2) is 17.9 Å². The standard InChI is InChI=1S/C15H20O3/c1-9-8-14-13(11(3)15(17)18-14)7-6-12(9)5-4-10(2)16/h6,9,13-14H,3-5,7-8H2,1-2H3/t9-,13-,14-/m0/s1. The van der Waals surface area contributed by atoms with Gasteiger partial charge in [-0.15, -0.1) is 0 Å². The quantitative estimate of drug-likeness (QED) is 0.438. The van der Waals surface area contributed by atoms with Crippen molar-refractivity contribution in [3.8, 4) is 0 Å². The third-order valence-electron chi connectivity index (χ3n) is 4.04. The van der Waals surface area contributed by atoms with Crippen LogP contribution in [0.5, 0.6) is 0 Å². The third kappa shape index (κ3) is 2.55. The number of hydrogen-bond acceptors (Lipinski definition) is 3. The van der Waals surface area contributed by atoms with E-state index in [-0.39, 0.29) is 23.8 Å². The summed E-state index contributed by atoms with van der Waals surface area (Å²) in [4.78, 5) is 22.5. The highest BCUT2D eigenvalue weighted by Gasteiger charge is 2.40. The van der Waals surface area contributed by atoms with Gasteiger partial charge in [-0.05, 0) is 32.1 Å². The molecule has 0 spiro atoms. The summed E-state index contributed by atoms with van der Waals surface area (Å²) in [5, 5.41) is 0. The molecule has 3 atom stereocenters. The van der Waals surface area contributed by atoms with Gasteiger partial charge in [-0.1, -0.05) is 25.2 Å². The van der Waals surface area contributed by atoms with Crippen LogP contribution in [0.4, 0.5) is 0 Å². The summed E-state index contributed by atoms with van der Waals surface area (Å²) in [7, 11) is 0. The van der Waals surface area contributed by atoms with Gasteiger partial charge in [-0.25, -0.2) is 4.79 Å². The third-order valence-corrected chi connectivity index (χ3v) is 4.04. The zero-order valence-corrected chi connectivity index (χ0v) is 11.1. The molecule has 2 rings (SSSR count). The lowest BCUT2D eigenvalue weighted by Crippen LogP contribution is -2.17. The summed E-state index contributed by atoms with van der Waals surface area (Å²) in [6.07, 6.45) is 5.26. The van der Waals surface area contributed by atoms with Crippen molar-refractivity contribution >= 4 is 11.8 Å². The van der Waals surface area contributed by atoms with Crippen LogP contribution < -0.4 is 0 Å². The van der Waals surface area contributed by atoms with Gasteiger partial charge in [0.1, 0.15) is 11.9 Å². The van der Waals surface area contributed by atoms with Crippen LogP contribution in [0.3, 0.4) is 0 Å². The van der Waals surface area contributed by atoms with Crippen molar-refractivity contribution in [2.75, 3.05) is 0 Å². The Hall–Kier alpha value is -1.38. The summed E-state index contributed by atoms with van der Waals surface area (Å²) < 4.78 is 5.36. The normalized spacial score (nSPS) is 31.4. The second-order valence-corrected chi connectivity index (χ2v) is 5.43. The summed E-state index contributed by atoms with van der Waals surface area (Å²) in [6, 6.07) is 0. The molecule has 98 valence electrons. The number of carbonyl (C=O) groups excluding carboxylic acids is 2. The molecule has 0 amide bonds. The summed E-state index contributed by atoms with van der Waals surface area (Å²) in [6.45, 7) is 7.60. The molecule has 1 heterocycles. The second-order valence-electron chi connectivity index (χ2n) is 5.43. The Labute approximate surface area is 108 Å². The van der Waals surface area contributed by atoms with Crippen LogP contribution in [0.15, 0.2) is 23.8 Å². The first-order chi connectivity index (χ1) is 8.49. The predicted octanol–water partition coefficient (Wildman–Crippen LogP) is 2.81. The van der Waals surface area contributed by atoms with E-state index in [1.165, 1.54) is 5.57 Å². The van der Waals surface area contributed by atoms with E-state index in [4.69, 9.17) is 4.74 Å². The Morgan fingerprint density at radius 1 is 1.56 bits per heavy atom. The highest BCUT2D eigenvalue weighted by Crippen LogP contribution is 2.39. The lowest BCUT2D eigenvalue weighted by molar-refractivity contribution is -0.139. The summed E-state index contributed by atoms with van der Waals surface area (Å²) >= 11 is 0. The smallest absolute Gasteiger partial charge is 0.334 e. The molecule has 0 bridgehead atoms. The monoisotopic (exact) mass is 248 g/mol. The molecule has 18 heavy (non-hydrogen) atoms. The molecule has 1 aliphatic heterocycles. The van der Waals surface area contributed by atoms with E-state index in [9.17, 15) is 9.59 Å². The Morgan fingerprint density at radius 2 is 2.28 bits per heavy atom. The molecular weight excluding hydrogens is 228 g/mol. The van der Waals surface area contributed by atoms with E-state index in [2.05, 4.69) is 19.6 Å². The van der Waals surface area contributed by atoms with E-state index in [1.807, 2.05) is 0 Å². The van der Waals surface area contributed by atoms with E-state index < -0.39 is 0 Å². The van der Waals surface area contributed by atoms with Crippen molar-refractivity contribution in [2.24, 2.45) is 11.8 Å². The molecule has 2 aliphatic rings.